The van der Waals surface area contributed by atoms with E-state index in [0.717, 1.165) is 89.7 Å². The molecule has 0 amide bonds. The summed E-state index contributed by atoms with van der Waals surface area (Å²) in [7, 11) is 0. The maximum Gasteiger partial charge on any atom is 0.217 e. The van der Waals surface area contributed by atoms with Crippen LogP contribution in [0.2, 0.25) is 0 Å². The van der Waals surface area contributed by atoms with Crippen LogP contribution in [0.25, 0.3) is 70.9 Å². The van der Waals surface area contributed by atoms with Crippen molar-refractivity contribution in [1.82, 2.24) is 21.9 Å². The molecule has 0 radical (unpaired) electrons. The minimum atomic E-state index is -1.15. The molecule has 0 bridgehead atoms. The number of hydrogen-bond donors (Lipinski definition) is 8. The summed E-state index contributed by atoms with van der Waals surface area (Å²) in [6.07, 6.45) is 27.4. The van der Waals surface area contributed by atoms with Crippen LogP contribution in [0.5, 0.6) is 0 Å². The van der Waals surface area contributed by atoms with Gasteiger partial charge >= 0.3 is 0 Å². The quantitative estimate of drug-likeness (QED) is 0.0137. The number of nitrogens with one attached hydrogen (secondary N) is 4. The van der Waals surface area contributed by atoms with Gasteiger partial charge in [0, 0.05) is 83.0 Å². The predicted octanol–water partition coefficient (Wildman–Crippen LogP) is 14.3. The summed E-state index contributed by atoms with van der Waals surface area (Å²) < 4.78 is 0. The fourth-order valence-electron chi connectivity index (χ4n) is 8.80. The molecule has 0 aliphatic heterocycles. The molecule has 0 aromatic heterocycles. The first-order valence-electron chi connectivity index (χ1n) is 24.1. The normalized spacial score (nSPS) is 13.7. The van der Waals surface area contributed by atoms with Crippen molar-refractivity contribution in [3.63, 3.8) is 0 Å². The van der Waals surface area contributed by atoms with E-state index in [1.165, 1.54) is 0 Å². The van der Waals surface area contributed by atoms with Crippen molar-refractivity contribution < 1.29 is 20.8 Å². The molecule has 2 atom stereocenters. The number of hydroxylamine groups is 4. The number of nitroso groups, excluding NO2 is 4. The van der Waals surface area contributed by atoms with Gasteiger partial charge in [0.2, 0.25) is 11.6 Å². The minimum Gasteiger partial charge on any atom is -0.314 e. The highest BCUT2D eigenvalue weighted by Crippen LogP contribution is 2.35. The van der Waals surface area contributed by atoms with E-state index in [9.17, 15) is 40.5 Å². The fourth-order valence-corrected chi connectivity index (χ4v) is 8.80. The molecule has 0 saturated heterocycles. The van der Waals surface area contributed by atoms with Crippen molar-refractivity contribution in [2.24, 2.45) is 20.7 Å². The third-order valence-electron chi connectivity index (χ3n) is 13.0. The van der Waals surface area contributed by atoms with Gasteiger partial charge in [-0.1, -0.05) is 110 Å². The van der Waals surface area contributed by atoms with E-state index >= 15 is 0 Å². The Morgan fingerprint density at radius 3 is 1.19 bits per heavy atom. The van der Waals surface area contributed by atoms with Crippen LogP contribution in [0.4, 0.5) is 0 Å². The standard InChI is InChI=1S/C62H50N8O8/c1-3-39-5-13-44(56(35-39)48-21-29-52(30-22-48)60(65-73)66-74)14-8-41-9-17-46(58(37-41)50-25-33-54(34-26-50)62(69-77)70-78)18-11-42-10-16-45(57(38-42)49-23-31-53(32-24-49)61(67-75)68-76)15-7-40-6-12-43(4-2)55(36-40)47-19-27-51(28-20-47)59(63-71)64-72/h3-38,60,62-63,65,67,69,71,73,75,77H,1-2H2/q+2. The van der Waals surface area contributed by atoms with E-state index in [-0.39, 0.29) is 11.6 Å². The van der Waals surface area contributed by atoms with Crippen LogP contribution < -0.4 is 21.9 Å². The van der Waals surface area contributed by atoms with Crippen molar-refractivity contribution in [3.8, 4) is 22.3 Å². The van der Waals surface area contributed by atoms with E-state index in [1.54, 1.807) is 60.7 Å². The molecule has 16 heteroatoms. The van der Waals surface area contributed by atoms with Gasteiger partial charge in [-0.2, -0.15) is 11.0 Å². The van der Waals surface area contributed by atoms with E-state index in [2.05, 4.69) is 46.0 Å². The van der Waals surface area contributed by atoms with Crippen molar-refractivity contribution in [3.05, 3.63) is 304 Å². The smallest absolute Gasteiger partial charge is 0.217 e. The summed E-state index contributed by atoms with van der Waals surface area (Å²) in [5.74, 6) is 1.24. The lowest BCUT2D eigenvalue weighted by Gasteiger charge is -2.13. The van der Waals surface area contributed by atoms with E-state index in [4.69, 9.17) is 0 Å². The lowest BCUT2D eigenvalue weighted by atomic mass is 9.87. The van der Waals surface area contributed by atoms with E-state index in [1.807, 2.05) is 168 Å². The lowest BCUT2D eigenvalue weighted by molar-refractivity contribution is 0.129. The van der Waals surface area contributed by atoms with Crippen LogP contribution >= 0.6 is 0 Å². The summed E-state index contributed by atoms with van der Waals surface area (Å²) >= 11 is 0. The van der Waals surface area contributed by atoms with Crippen LogP contribution in [-0.4, -0.2) is 20.8 Å². The first-order chi connectivity index (χ1) is 38.2. The molecule has 8 rings (SSSR count). The van der Waals surface area contributed by atoms with Gasteiger partial charge in [0.25, 0.3) is 0 Å². The summed E-state index contributed by atoms with van der Waals surface area (Å²) in [5.41, 5.74) is 21.6. The Bertz CT molecular complexity index is 3520. The summed E-state index contributed by atoms with van der Waals surface area (Å²) in [4.78, 5) is 45.3. The van der Waals surface area contributed by atoms with Gasteiger partial charge in [-0.15, -0.1) is 19.6 Å². The van der Waals surface area contributed by atoms with E-state index in [0.29, 0.717) is 22.3 Å². The SMILES string of the molecule is C=Cc1ccc(C=Cc2ccc(C=Cc3ccc(C=Cc4ccc(C=C)c([C+]5C=CC(=C(N=O)NO)C=C5)c4)c([C+]4C=CC(=C(N=O)NO)C=C4)c3)c(-c3ccc(C(N=O)NO)cc3)c2)c(-c2ccc(C(N=O)NO)cc2)c1. The third kappa shape index (κ3) is 12.5. The number of nitrogens with zero attached hydrogens (tertiary/aromatic N) is 4. The predicted molar refractivity (Wildman–Crippen MR) is 307 cm³/mol. The van der Waals surface area contributed by atoms with Gasteiger partial charge in [-0.25, -0.2) is 11.0 Å². The number of rotatable bonds is 22. The highest BCUT2D eigenvalue weighted by atomic mass is 16.5. The Labute approximate surface area is 449 Å². The van der Waals surface area contributed by atoms with Crippen LogP contribution in [0, 0.1) is 31.5 Å². The molecule has 2 aliphatic rings. The zero-order valence-electron chi connectivity index (χ0n) is 41.6. The second-order valence-electron chi connectivity index (χ2n) is 17.6. The van der Waals surface area contributed by atoms with Crippen molar-refractivity contribution in [2.75, 3.05) is 0 Å². The van der Waals surface area contributed by atoms with Gasteiger partial charge in [0.15, 0.2) is 12.3 Å². The van der Waals surface area contributed by atoms with Crippen molar-refractivity contribution in [1.29, 1.82) is 0 Å². The highest BCUT2D eigenvalue weighted by Gasteiger charge is 2.23. The molecule has 0 spiro atoms. The van der Waals surface area contributed by atoms with Gasteiger partial charge < -0.3 is 10.4 Å². The molecule has 6 aromatic carbocycles. The summed E-state index contributed by atoms with van der Waals surface area (Å²) in [6.45, 7) is 7.95. The van der Waals surface area contributed by atoms with Crippen LogP contribution in [-0.2, 0) is 0 Å². The zero-order valence-corrected chi connectivity index (χ0v) is 41.6. The van der Waals surface area contributed by atoms with Crippen LogP contribution in [0.3, 0.4) is 0 Å². The Kier molecular flexibility index (Phi) is 18.0. The lowest BCUT2D eigenvalue weighted by Crippen LogP contribution is -2.13. The van der Waals surface area contributed by atoms with Crippen LogP contribution in [0.1, 0.15) is 79.1 Å². The number of hydrogen-bond acceptors (Lipinski definition) is 16. The Hall–Kier alpha value is -10.0. The Morgan fingerprint density at radius 1 is 0.436 bits per heavy atom. The zero-order chi connectivity index (χ0) is 55.0. The second kappa shape index (κ2) is 25.9. The van der Waals surface area contributed by atoms with Crippen molar-refractivity contribution >= 4 is 48.6 Å². The first kappa shape index (κ1) is 54.2. The average molecular weight is 1040 g/mol. The third-order valence-corrected chi connectivity index (χ3v) is 13.0. The second-order valence-corrected chi connectivity index (χ2v) is 17.6. The maximum absolute atomic E-state index is 11.5. The maximum atomic E-state index is 11.5. The van der Waals surface area contributed by atoms with Gasteiger partial charge in [-0.05, 0) is 137 Å². The van der Waals surface area contributed by atoms with E-state index < -0.39 is 12.3 Å². The van der Waals surface area contributed by atoms with Gasteiger partial charge in [0.1, 0.15) is 0 Å². The molecule has 2 unspecified atom stereocenters. The molecular weight excluding hydrogens is 985 g/mol. The molecule has 8 N–H and O–H groups in total. The summed E-state index contributed by atoms with van der Waals surface area (Å²) in [5, 5.41) is 49.4. The number of allylic oxidation sites excluding steroid dienone is 10. The largest absolute Gasteiger partial charge is 0.314 e. The molecule has 2 aliphatic carbocycles. The Balaban J connectivity index is 1.15. The van der Waals surface area contributed by atoms with Gasteiger partial charge in [-0.3, -0.25) is 10.4 Å². The molecular formula is C62H50N8O8+2. The first-order valence-corrected chi connectivity index (χ1v) is 24.1. The molecule has 0 heterocycles. The topological polar surface area (TPSA) is 247 Å². The van der Waals surface area contributed by atoms with Crippen molar-refractivity contribution in [2.45, 2.75) is 12.3 Å². The Morgan fingerprint density at radius 2 is 0.808 bits per heavy atom. The molecule has 0 fully saturated rings. The molecule has 6 aromatic rings. The van der Waals surface area contributed by atoms with Crippen LogP contribution in [0.15, 0.2) is 227 Å². The highest BCUT2D eigenvalue weighted by molar-refractivity contribution is 5.87. The molecule has 384 valence electrons. The monoisotopic (exact) mass is 1030 g/mol. The average Bonchev–Trinajstić information content (AvgIpc) is 3.50. The molecule has 78 heavy (non-hydrogen) atoms. The minimum absolute atomic E-state index is 0.203. The molecule has 0 saturated carbocycles. The fraction of sp³-hybridized carbons (Fsp3) is 0.0323. The number of benzene rings is 6. The van der Waals surface area contributed by atoms with Gasteiger partial charge in [0.05, 0.1) is 34.1 Å². The summed E-state index contributed by atoms with van der Waals surface area (Å²) in [6, 6.07) is 38.5. The molecule has 16 nitrogen and oxygen atoms in total.